The Morgan fingerprint density at radius 3 is 1.48 bits per heavy atom. The van der Waals surface area contributed by atoms with Crippen LogP contribution < -0.4 is 5.73 Å². The fourth-order valence-electron chi connectivity index (χ4n) is 2.97. The minimum absolute atomic E-state index is 0.0312. The summed E-state index contributed by atoms with van der Waals surface area (Å²) in [6.45, 7) is 34.8. The summed E-state index contributed by atoms with van der Waals surface area (Å²) in [6.07, 6.45) is 0.923. The lowest BCUT2D eigenvalue weighted by atomic mass is 9.68. The lowest BCUT2D eigenvalue weighted by Gasteiger charge is -2.47. The Hall–Kier alpha value is -0.160. The molecule has 0 amide bonds. The molecule has 2 N–H and O–H groups in total. The van der Waals surface area contributed by atoms with E-state index in [1.165, 1.54) is 0 Å². The van der Waals surface area contributed by atoms with Crippen LogP contribution in [0.25, 0.3) is 0 Å². The molecule has 0 aliphatic carbocycles. The first-order chi connectivity index (χ1) is 13.5. The molecule has 0 spiro atoms. The third-order valence-electron chi connectivity index (χ3n) is 8.33. The molecule has 2 unspecified atom stereocenters. The van der Waals surface area contributed by atoms with Crippen molar-refractivity contribution in [1.82, 2.24) is 0 Å². The molecule has 0 radical (unpaired) electrons. The zero-order valence-electron chi connectivity index (χ0n) is 23.8. The Morgan fingerprint density at radius 2 is 1.06 bits per heavy atom. The molecule has 0 saturated carbocycles. The zero-order chi connectivity index (χ0) is 25.1. The molecule has 0 aliphatic rings. The predicted octanol–water partition coefficient (Wildman–Crippen LogP) is 6.84. The van der Waals surface area contributed by atoms with Gasteiger partial charge in [-0.3, -0.25) is 0 Å². The lowest BCUT2D eigenvalue weighted by Crippen LogP contribution is -2.49. The summed E-state index contributed by atoms with van der Waals surface area (Å²) in [7, 11) is 0. The minimum Gasteiger partial charge on any atom is -0.376 e. The van der Waals surface area contributed by atoms with Crippen molar-refractivity contribution in [3.8, 4) is 0 Å². The SMILES string of the molecule is CC(COC(C)(C)C(C)(C)CCOC(C)(C)C(C)(C)C(C)COC(C)(C)C)C(C)(C)N. The van der Waals surface area contributed by atoms with Gasteiger partial charge in [-0.05, 0) is 91.4 Å². The van der Waals surface area contributed by atoms with Gasteiger partial charge in [-0.1, -0.05) is 41.5 Å². The van der Waals surface area contributed by atoms with E-state index in [-0.39, 0.29) is 39.1 Å². The fourth-order valence-corrected chi connectivity index (χ4v) is 2.97. The maximum Gasteiger partial charge on any atom is 0.0680 e. The van der Waals surface area contributed by atoms with E-state index in [0.29, 0.717) is 19.1 Å². The van der Waals surface area contributed by atoms with Crippen molar-refractivity contribution in [3.05, 3.63) is 0 Å². The summed E-state index contributed by atoms with van der Waals surface area (Å²) in [4.78, 5) is 0. The van der Waals surface area contributed by atoms with Gasteiger partial charge in [0.2, 0.25) is 0 Å². The van der Waals surface area contributed by atoms with E-state index in [1.807, 2.05) is 0 Å². The van der Waals surface area contributed by atoms with Gasteiger partial charge in [0, 0.05) is 12.1 Å². The number of hydrogen-bond donors (Lipinski definition) is 1. The van der Waals surface area contributed by atoms with Gasteiger partial charge >= 0.3 is 0 Å². The van der Waals surface area contributed by atoms with Crippen molar-refractivity contribution in [1.29, 1.82) is 0 Å². The highest BCUT2D eigenvalue weighted by atomic mass is 16.5. The van der Waals surface area contributed by atoms with E-state index in [2.05, 4.69) is 104 Å². The van der Waals surface area contributed by atoms with Crippen LogP contribution >= 0.6 is 0 Å². The molecule has 0 aromatic heterocycles. The van der Waals surface area contributed by atoms with Crippen molar-refractivity contribution in [3.63, 3.8) is 0 Å². The van der Waals surface area contributed by atoms with Crippen LogP contribution in [0.5, 0.6) is 0 Å². The molecule has 2 atom stereocenters. The van der Waals surface area contributed by atoms with Gasteiger partial charge in [0.15, 0.2) is 0 Å². The molecule has 0 heterocycles. The summed E-state index contributed by atoms with van der Waals surface area (Å²) in [5, 5.41) is 0. The Kier molecular flexibility index (Phi) is 10.4. The van der Waals surface area contributed by atoms with Crippen LogP contribution in [0.4, 0.5) is 0 Å². The van der Waals surface area contributed by atoms with Gasteiger partial charge in [-0.2, -0.15) is 0 Å². The Bertz CT molecular complexity index is 536. The predicted molar refractivity (Wildman–Crippen MR) is 135 cm³/mol. The Morgan fingerprint density at radius 1 is 0.613 bits per heavy atom. The van der Waals surface area contributed by atoms with E-state index >= 15 is 0 Å². The van der Waals surface area contributed by atoms with Crippen LogP contribution in [0.3, 0.4) is 0 Å². The van der Waals surface area contributed by atoms with Crippen molar-refractivity contribution < 1.29 is 14.2 Å². The smallest absolute Gasteiger partial charge is 0.0680 e. The number of hydrogen-bond acceptors (Lipinski definition) is 4. The van der Waals surface area contributed by atoms with Crippen molar-refractivity contribution >= 4 is 0 Å². The summed E-state index contributed by atoms with van der Waals surface area (Å²) >= 11 is 0. The monoisotopic (exact) mass is 443 g/mol. The average Bonchev–Trinajstić information content (AvgIpc) is 2.55. The van der Waals surface area contributed by atoms with E-state index in [1.54, 1.807) is 0 Å². The molecule has 4 nitrogen and oxygen atoms in total. The second-order valence-corrected chi connectivity index (χ2v) is 13.6. The Labute approximate surface area is 195 Å². The molecule has 4 heteroatoms. The van der Waals surface area contributed by atoms with Gasteiger partial charge in [-0.25, -0.2) is 0 Å². The van der Waals surface area contributed by atoms with E-state index in [0.717, 1.165) is 13.0 Å². The highest BCUT2D eigenvalue weighted by Crippen LogP contribution is 2.43. The van der Waals surface area contributed by atoms with Crippen molar-refractivity contribution in [2.45, 2.75) is 133 Å². The fraction of sp³-hybridized carbons (Fsp3) is 1.00. The molecule has 0 aromatic rings. The van der Waals surface area contributed by atoms with Gasteiger partial charge in [0.05, 0.1) is 30.0 Å². The second kappa shape index (κ2) is 10.4. The molecule has 0 aliphatic heterocycles. The molecular formula is C27H57NO3. The molecule has 0 rings (SSSR count). The second-order valence-electron chi connectivity index (χ2n) is 13.6. The third kappa shape index (κ3) is 9.31. The van der Waals surface area contributed by atoms with Gasteiger partial charge in [0.1, 0.15) is 0 Å². The minimum atomic E-state index is -0.274. The van der Waals surface area contributed by atoms with E-state index in [4.69, 9.17) is 19.9 Å². The van der Waals surface area contributed by atoms with Gasteiger partial charge in [-0.15, -0.1) is 0 Å². The normalized spacial score (nSPS) is 17.0. The highest BCUT2D eigenvalue weighted by Gasteiger charge is 2.44. The van der Waals surface area contributed by atoms with Gasteiger partial charge in [0.25, 0.3) is 0 Å². The maximum absolute atomic E-state index is 6.53. The van der Waals surface area contributed by atoms with Crippen molar-refractivity contribution in [2.75, 3.05) is 19.8 Å². The average molecular weight is 444 g/mol. The number of ether oxygens (including phenoxy) is 3. The largest absolute Gasteiger partial charge is 0.376 e. The topological polar surface area (TPSA) is 53.7 Å². The molecular weight excluding hydrogens is 386 g/mol. The van der Waals surface area contributed by atoms with Crippen LogP contribution in [0.15, 0.2) is 0 Å². The van der Waals surface area contributed by atoms with Gasteiger partial charge < -0.3 is 19.9 Å². The quantitative estimate of drug-likeness (QED) is 0.338. The lowest BCUT2D eigenvalue weighted by molar-refractivity contribution is -0.157. The first-order valence-electron chi connectivity index (χ1n) is 12.2. The molecule has 0 bridgehead atoms. The molecule has 0 fully saturated rings. The molecule has 0 aromatic carbocycles. The first-order valence-corrected chi connectivity index (χ1v) is 12.2. The summed E-state index contributed by atoms with van der Waals surface area (Å²) < 4.78 is 19.0. The summed E-state index contributed by atoms with van der Waals surface area (Å²) in [5.74, 6) is 0.658. The highest BCUT2D eigenvalue weighted by molar-refractivity contribution is 4.93. The number of rotatable bonds is 13. The standard InChI is InChI=1S/C27H57NO3/c1-20(18-30-22(3,4)5)24(8,9)27(14,15)29-17-16-23(6,7)26(12,13)31-19-21(2)25(10,11)28/h20-21H,16-19,28H2,1-15H3. The number of nitrogens with two attached hydrogens (primary N) is 1. The first kappa shape index (κ1) is 30.8. The van der Waals surface area contributed by atoms with Crippen LogP contribution in [-0.4, -0.2) is 42.2 Å². The summed E-state index contributed by atoms with van der Waals surface area (Å²) in [6, 6.07) is 0. The molecule has 188 valence electrons. The molecule has 0 saturated heterocycles. The van der Waals surface area contributed by atoms with Crippen LogP contribution in [-0.2, 0) is 14.2 Å². The van der Waals surface area contributed by atoms with E-state index < -0.39 is 0 Å². The van der Waals surface area contributed by atoms with Crippen LogP contribution in [0.2, 0.25) is 0 Å². The third-order valence-corrected chi connectivity index (χ3v) is 8.33. The zero-order valence-corrected chi connectivity index (χ0v) is 23.8. The Balaban J connectivity index is 4.96. The summed E-state index contributed by atoms with van der Waals surface area (Å²) in [5.41, 5.74) is 5.27. The molecule has 31 heavy (non-hydrogen) atoms. The van der Waals surface area contributed by atoms with E-state index in [9.17, 15) is 0 Å². The van der Waals surface area contributed by atoms with Crippen LogP contribution in [0.1, 0.15) is 110 Å². The van der Waals surface area contributed by atoms with Crippen molar-refractivity contribution in [2.24, 2.45) is 28.4 Å². The maximum atomic E-state index is 6.53. The van der Waals surface area contributed by atoms with Crippen LogP contribution in [0, 0.1) is 22.7 Å².